The van der Waals surface area contributed by atoms with Crippen LogP contribution in [-0.4, -0.2) is 11.4 Å². The molecular formula is C21H27NO. The van der Waals surface area contributed by atoms with Gasteiger partial charge in [0.15, 0.2) is 0 Å². The Balaban J connectivity index is 2.36. The van der Waals surface area contributed by atoms with Gasteiger partial charge in [-0.1, -0.05) is 55.8 Å². The van der Waals surface area contributed by atoms with Crippen LogP contribution in [0.5, 0.6) is 0 Å². The highest BCUT2D eigenvalue weighted by molar-refractivity contribution is 5.96. The molecule has 0 fully saturated rings. The predicted molar refractivity (Wildman–Crippen MR) is 97.7 cm³/mol. The number of hydrogen-bond acceptors (Lipinski definition) is 1. The second kappa shape index (κ2) is 7.45. The van der Waals surface area contributed by atoms with Crippen molar-refractivity contribution in [3.8, 4) is 11.1 Å². The van der Waals surface area contributed by atoms with Gasteiger partial charge in [0.05, 0.1) is 0 Å². The lowest BCUT2D eigenvalue weighted by Crippen LogP contribution is -2.40. The van der Waals surface area contributed by atoms with Crippen LogP contribution < -0.4 is 5.32 Å². The number of carbonyl (C=O) groups is 1. The van der Waals surface area contributed by atoms with Gasteiger partial charge in [0, 0.05) is 11.1 Å². The van der Waals surface area contributed by atoms with Gasteiger partial charge in [0.25, 0.3) is 5.91 Å². The summed E-state index contributed by atoms with van der Waals surface area (Å²) < 4.78 is 0. The summed E-state index contributed by atoms with van der Waals surface area (Å²) in [6.07, 6.45) is 3.15. The van der Waals surface area contributed by atoms with Crippen molar-refractivity contribution < 1.29 is 4.79 Å². The highest BCUT2D eigenvalue weighted by atomic mass is 16.1. The van der Waals surface area contributed by atoms with Crippen molar-refractivity contribution >= 4 is 5.91 Å². The fraction of sp³-hybridized carbons (Fsp3) is 0.381. The highest BCUT2D eigenvalue weighted by Gasteiger charge is 2.18. The number of benzene rings is 2. The Morgan fingerprint density at radius 3 is 2.30 bits per heavy atom. The predicted octanol–water partition coefficient (Wildman–Crippen LogP) is 5.22. The van der Waals surface area contributed by atoms with Crippen molar-refractivity contribution in [2.45, 2.75) is 52.5 Å². The van der Waals surface area contributed by atoms with E-state index in [0.717, 1.165) is 30.4 Å². The molecule has 0 spiro atoms. The Labute approximate surface area is 139 Å². The molecule has 122 valence electrons. The molecule has 0 bridgehead atoms. The normalized spacial score (nSPS) is 11.3. The van der Waals surface area contributed by atoms with E-state index in [9.17, 15) is 4.79 Å². The quantitative estimate of drug-likeness (QED) is 0.805. The second-order valence-corrected chi connectivity index (χ2v) is 7.05. The lowest BCUT2D eigenvalue weighted by atomic mass is 9.95. The largest absolute Gasteiger partial charge is 0.347 e. The van der Waals surface area contributed by atoms with Crippen molar-refractivity contribution in [3.63, 3.8) is 0 Å². The average molecular weight is 309 g/mol. The van der Waals surface area contributed by atoms with Crippen LogP contribution in [0, 0.1) is 0 Å². The van der Waals surface area contributed by atoms with E-state index in [4.69, 9.17) is 0 Å². The minimum absolute atomic E-state index is 0.0169. The molecule has 0 saturated carbocycles. The first kappa shape index (κ1) is 17.3. The van der Waals surface area contributed by atoms with Crippen LogP contribution in [0.3, 0.4) is 0 Å². The first-order valence-corrected chi connectivity index (χ1v) is 8.41. The van der Waals surface area contributed by atoms with E-state index in [1.54, 1.807) is 0 Å². The number of nitrogens with one attached hydrogen (secondary N) is 1. The van der Waals surface area contributed by atoms with Gasteiger partial charge in [0.1, 0.15) is 0 Å². The van der Waals surface area contributed by atoms with E-state index in [1.807, 2.05) is 51.1 Å². The molecule has 0 radical (unpaired) electrons. The first-order valence-electron chi connectivity index (χ1n) is 8.41. The Morgan fingerprint density at radius 1 is 1.00 bits per heavy atom. The molecular weight excluding hydrogens is 282 g/mol. The standard InChI is InChI=1S/C21H27NO/c1-5-6-10-18-15-17(16-11-8-7-9-12-16)13-14-19(18)20(23)22-21(2,3)4/h7-9,11-15H,5-6,10H2,1-4H3,(H,22,23). The van der Waals surface area contributed by atoms with Crippen LogP contribution in [0.25, 0.3) is 11.1 Å². The van der Waals surface area contributed by atoms with Crippen molar-refractivity contribution in [2.75, 3.05) is 0 Å². The van der Waals surface area contributed by atoms with Crippen molar-refractivity contribution in [2.24, 2.45) is 0 Å². The van der Waals surface area contributed by atoms with Crippen LogP contribution in [0.4, 0.5) is 0 Å². The number of amides is 1. The molecule has 1 amide bonds. The average Bonchev–Trinajstić information content (AvgIpc) is 2.52. The summed E-state index contributed by atoms with van der Waals surface area (Å²) >= 11 is 0. The fourth-order valence-corrected chi connectivity index (χ4v) is 2.61. The molecule has 0 aromatic heterocycles. The van der Waals surface area contributed by atoms with Crippen LogP contribution >= 0.6 is 0 Å². The second-order valence-electron chi connectivity index (χ2n) is 7.05. The van der Waals surface area contributed by atoms with Gasteiger partial charge in [0.2, 0.25) is 0 Å². The monoisotopic (exact) mass is 309 g/mol. The number of carbonyl (C=O) groups excluding carboxylic acids is 1. The summed E-state index contributed by atoms with van der Waals surface area (Å²) in [5.74, 6) is 0.0169. The highest BCUT2D eigenvalue weighted by Crippen LogP contribution is 2.24. The Bertz CT molecular complexity index is 653. The minimum atomic E-state index is -0.225. The zero-order valence-corrected chi connectivity index (χ0v) is 14.6. The molecule has 0 saturated heterocycles. The molecule has 0 unspecified atom stereocenters. The number of hydrogen-bond donors (Lipinski definition) is 1. The Hall–Kier alpha value is -2.09. The van der Waals surface area contributed by atoms with Crippen LogP contribution in [0.15, 0.2) is 48.5 Å². The molecule has 2 aromatic carbocycles. The summed E-state index contributed by atoms with van der Waals surface area (Å²) in [4.78, 5) is 12.6. The van der Waals surface area contributed by atoms with Gasteiger partial charge in [-0.05, 0) is 56.4 Å². The molecule has 2 rings (SSSR count). The van der Waals surface area contributed by atoms with Crippen molar-refractivity contribution in [1.82, 2.24) is 5.32 Å². The minimum Gasteiger partial charge on any atom is -0.347 e. The molecule has 0 atom stereocenters. The topological polar surface area (TPSA) is 29.1 Å². The fourth-order valence-electron chi connectivity index (χ4n) is 2.61. The molecule has 0 heterocycles. The van der Waals surface area contributed by atoms with E-state index in [0.29, 0.717) is 0 Å². The van der Waals surface area contributed by atoms with Crippen molar-refractivity contribution in [1.29, 1.82) is 0 Å². The van der Waals surface area contributed by atoms with Crippen molar-refractivity contribution in [3.05, 3.63) is 59.7 Å². The maximum Gasteiger partial charge on any atom is 0.251 e. The maximum atomic E-state index is 12.6. The molecule has 0 aliphatic rings. The van der Waals surface area contributed by atoms with Gasteiger partial charge in [-0.25, -0.2) is 0 Å². The third-order valence-electron chi connectivity index (χ3n) is 3.75. The van der Waals surface area contributed by atoms with E-state index in [2.05, 4.69) is 30.4 Å². The van der Waals surface area contributed by atoms with Crippen LogP contribution in [-0.2, 0) is 6.42 Å². The van der Waals surface area contributed by atoms with Gasteiger partial charge in [-0.15, -0.1) is 0 Å². The molecule has 1 N–H and O–H groups in total. The van der Waals surface area contributed by atoms with E-state index in [1.165, 1.54) is 11.1 Å². The van der Waals surface area contributed by atoms with E-state index in [-0.39, 0.29) is 11.4 Å². The smallest absolute Gasteiger partial charge is 0.251 e. The molecule has 0 aliphatic carbocycles. The number of unbranched alkanes of at least 4 members (excludes halogenated alkanes) is 1. The molecule has 23 heavy (non-hydrogen) atoms. The number of aryl methyl sites for hydroxylation is 1. The van der Waals surface area contributed by atoms with Gasteiger partial charge in [-0.3, -0.25) is 4.79 Å². The Kier molecular flexibility index (Phi) is 5.59. The molecule has 2 aromatic rings. The third-order valence-corrected chi connectivity index (χ3v) is 3.75. The SMILES string of the molecule is CCCCc1cc(-c2ccccc2)ccc1C(=O)NC(C)(C)C. The zero-order chi connectivity index (χ0) is 16.9. The summed E-state index contributed by atoms with van der Waals surface area (Å²) in [5.41, 5.74) is 4.07. The lowest BCUT2D eigenvalue weighted by molar-refractivity contribution is 0.0918. The summed E-state index contributed by atoms with van der Waals surface area (Å²) in [5, 5.41) is 3.07. The van der Waals surface area contributed by atoms with Gasteiger partial charge < -0.3 is 5.32 Å². The molecule has 2 heteroatoms. The summed E-state index contributed by atoms with van der Waals surface area (Å²) in [6, 6.07) is 16.5. The van der Waals surface area contributed by atoms with Gasteiger partial charge in [-0.2, -0.15) is 0 Å². The van der Waals surface area contributed by atoms with E-state index < -0.39 is 0 Å². The number of rotatable bonds is 5. The third kappa shape index (κ3) is 4.95. The lowest BCUT2D eigenvalue weighted by Gasteiger charge is -2.22. The van der Waals surface area contributed by atoms with Crippen LogP contribution in [0.2, 0.25) is 0 Å². The zero-order valence-electron chi connectivity index (χ0n) is 14.6. The summed E-state index contributed by atoms with van der Waals surface area (Å²) in [6.45, 7) is 8.20. The molecule has 0 aliphatic heterocycles. The first-order chi connectivity index (χ1) is 10.9. The van der Waals surface area contributed by atoms with Gasteiger partial charge >= 0.3 is 0 Å². The van der Waals surface area contributed by atoms with Crippen LogP contribution in [0.1, 0.15) is 56.5 Å². The molecule has 2 nitrogen and oxygen atoms in total. The maximum absolute atomic E-state index is 12.6. The van der Waals surface area contributed by atoms with E-state index >= 15 is 0 Å². The Morgan fingerprint density at radius 2 is 1.70 bits per heavy atom. The summed E-state index contributed by atoms with van der Waals surface area (Å²) in [7, 11) is 0.